The highest BCUT2D eigenvalue weighted by atomic mass is 16.5. The number of pyridine rings is 1. The predicted molar refractivity (Wildman–Crippen MR) is 109 cm³/mol. The van der Waals surface area contributed by atoms with Crippen molar-refractivity contribution in [2.45, 2.75) is 57.2 Å². The molecular weight excluding hydrogens is 352 g/mol. The molecule has 6 heteroatoms. The third-order valence-corrected chi connectivity index (χ3v) is 5.35. The van der Waals surface area contributed by atoms with Crippen molar-refractivity contribution in [1.82, 2.24) is 10.3 Å². The molecule has 0 bridgehead atoms. The minimum absolute atomic E-state index is 0.122. The number of guanidine groups is 1. The van der Waals surface area contributed by atoms with Crippen LogP contribution in [-0.4, -0.2) is 23.7 Å². The van der Waals surface area contributed by atoms with Crippen LogP contribution >= 0.6 is 0 Å². The number of nitrogens with two attached hydrogens (primary N) is 1. The number of fused-ring (bicyclic) bond motifs is 1. The van der Waals surface area contributed by atoms with Crippen molar-refractivity contribution in [1.29, 1.82) is 0 Å². The molecule has 1 fully saturated rings. The highest BCUT2D eigenvalue weighted by Gasteiger charge is 2.21. The van der Waals surface area contributed by atoms with Crippen LogP contribution in [-0.2, 0) is 6.54 Å². The van der Waals surface area contributed by atoms with Crippen LogP contribution in [0.4, 0.5) is 0 Å². The molecule has 6 nitrogen and oxygen atoms in total. The summed E-state index contributed by atoms with van der Waals surface area (Å²) < 4.78 is 11.7. The second-order valence-electron chi connectivity index (χ2n) is 7.45. The van der Waals surface area contributed by atoms with E-state index in [1.165, 1.54) is 19.3 Å². The van der Waals surface area contributed by atoms with Crippen LogP contribution in [0.1, 0.15) is 55.7 Å². The summed E-state index contributed by atoms with van der Waals surface area (Å²) in [4.78, 5) is 8.86. The van der Waals surface area contributed by atoms with E-state index in [-0.39, 0.29) is 6.04 Å². The number of rotatable bonds is 5. The first-order valence-electron chi connectivity index (χ1n) is 10.2. The van der Waals surface area contributed by atoms with E-state index in [4.69, 9.17) is 15.2 Å². The van der Waals surface area contributed by atoms with Crippen molar-refractivity contribution < 1.29 is 9.47 Å². The largest absolute Gasteiger partial charge is 0.493 e. The zero-order valence-electron chi connectivity index (χ0n) is 16.1. The molecular formula is C22H28N4O2. The SMILES string of the molecule is NC(=NCc1ccnc(OC2CCCCC2)c1)NC1CCOc2ccccc21. The number of hydrogen-bond acceptors (Lipinski definition) is 4. The van der Waals surface area contributed by atoms with Gasteiger partial charge in [0.2, 0.25) is 5.88 Å². The fraction of sp³-hybridized carbons (Fsp3) is 0.455. The fourth-order valence-electron chi connectivity index (χ4n) is 3.86. The van der Waals surface area contributed by atoms with Gasteiger partial charge in [0.15, 0.2) is 5.96 Å². The molecule has 2 aromatic rings. The Balaban J connectivity index is 1.35. The number of aromatic nitrogens is 1. The number of benzene rings is 1. The normalized spacial score (nSPS) is 20.1. The molecule has 2 heterocycles. The van der Waals surface area contributed by atoms with Crippen LogP contribution in [0.25, 0.3) is 0 Å². The Labute approximate surface area is 166 Å². The standard InChI is InChI=1S/C22H28N4O2/c23-22(26-19-11-13-27-20-9-5-4-8-18(19)20)25-15-16-10-12-24-21(14-16)28-17-6-2-1-3-7-17/h4-5,8-10,12,14,17,19H,1-3,6-7,11,13,15H2,(H3,23,25,26). The first-order chi connectivity index (χ1) is 13.8. The Hall–Kier alpha value is -2.76. The maximum atomic E-state index is 6.15. The second kappa shape index (κ2) is 8.95. The van der Waals surface area contributed by atoms with Crippen molar-refractivity contribution in [3.8, 4) is 11.6 Å². The molecule has 0 spiro atoms. The van der Waals surface area contributed by atoms with E-state index < -0.39 is 0 Å². The Kier molecular flexibility index (Phi) is 5.95. The van der Waals surface area contributed by atoms with E-state index in [1.54, 1.807) is 6.20 Å². The van der Waals surface area contributed by atoms with Gasteiger partial charge in [-0.05, 0) is 43.4 Å². The number of para-hydroxylation sites is 1. The van der Waals surface area contributed by atoms with Crippen LogP contribution in [0.15, 0.2) is 47.6 Å². The van der Waals surface area contributed by atoms with Gasteiger partial charge in [-0.15, -0.1) is 0 Å². The van der Waals surface area contributed by atoms with E-state index in [0.717, 1.165) is 36.1 Å². The third-order valence-electron chi connectivity index (χ3n) is 5.35. The molecule has 1 unspecified atom stereocenters. The number of nitrogens with zero attached hydrogens (tertiary/aromatic N) is 2. The quantitative estimate of drug-likeness (QED) is 0.610. The summed E-state index contributed by atoms with van der Waals surface area (Å²) in [5.74, 6) is 2.04. The van der Waals surface area contributed by atoms with Gasteiger partial charge in [0, 0.05) is 24.2 Å². The highest BCUT2D eigenvalue weighted by Crippen LogP contribution is 2.31. The Morgan fingerprint density at radius 3 is 2.93 bits per heavy atom. The van der Waals surface area contributed by atoms with Crippen LogP contribution in [0.2, 0.25) is 0 Å². The third kappa shape index (κ3) is 4.74. The molecule has 0 amide bonds. The molecule has 4 rings (SSSR count). The molecule has 3 N–H and O–H groups in total. The van der Waals surface area contributed by atoms with Crippen LogP contribution in [0.5, 0.6) is 11.6 Å². The Morgan fingerprint density at radius 2 is 2.04 bits per heavy atom. The predicted octanol–water partition coefficient (Wildman–Crippen LogP) is 3.72. The molecule has 1 aromatic carbocycles. The lowest BCUT2D eigenvalue weighted by atomic mass is 9.98. The van der Waals surface area contributed by atoms with Crippen molar-refractivity contribution in [2.75, 3.05) is 6.61 Å². The van der Waals surface area contributed by atoms with Crippen molar-refractivity contribution in [2.24, 2.45) is 10.7 Å². The molecule has 1 aliphatic carbocycles. The molecule has 1 aromatic heterocycles. The molecule has 2 aliphatic rings. The summed E-state index contributed by atoms with van der Waals surface area (Å²) in [5.41, 5.74) is 8.31. The average Bonchev–Trinajstić information content (AvgIpc) is 2.74. The molecule has 28 heavy (non-hydrogen) atoms. The summed E-state index contributed by atoms with van der Waals surface area (Å²) in [6.07, 6.45) is 8.97. The van der Waals surface area contributed by atoms with Crippen molar-refractivity contribution in [3.05, 3.63) is 53.7 Å². The van der Waals surface area contributed by atoms with Gasteiger partial charge in [-0.25, -0.2) is 9.98 Å². The van der Waals surface area contributed by atoms with Gasteiger partial charge in [0.1, 0.15) is 11.9 Å². The van der Waals surface area contributed by atoms with Gasteiger partial charge in [0.05, 0.1) is 19.2 Å². The zero-order valence-corrected chi connectivity index (χ0v) is 16.1. The molecule has 1 atom stereocenters. The lowest BCUT2D eigenvalue weighted by molar-refractivity contribution is 0.148. The number of nitrogens with one attached hydrogen (secondary N) is 1. The number of hydrogen-bond donors (Lipinski definition) is 2. The van der Waals surface area contributed by atoms with Gasteiger partial charge in [0.25, 0.3) is 0 Å². The first-order valence-corrected chi connectivity index (χ1v) is 10.2. The topological polar surface area (TPSA) is 81.8 Å². The summed E-state index contributed by atoms with van der Waals surface area (Å²) in [6.45, 7) is 1.17. The smallest absolute Gasteiger partial charge is 0.213 e. The van der Waals surface area contributed by atoms with Gasteiger partial charge in [-0.2, -0.15) is 0 Å². The average molecular weight is 380 g/mol. The minimum Gasteiger partial charge on any atom is -0.493 e. The van der Waals surface area contributed by atoms with E-state index in [1.807, 2.05) is 30.3 Å². The zero-order chi connectivity index (χ0) is 19.2. The van der Waals surface area contributed by atoms with E-state index in [9.17, 15) is 0 Å². The van der Waals surface area contributed by atoms with Gasteiger partial charge < -0.3 is 20.5 Å². The minimum atomic E-state index is 0.122. The maximum absolute atomic E-state index is 6.15. The van der Waals surface area contributed by atoms with Gasteiger partial charge >= 0.3 is 0 Å². The summed E-state index contributed by atoms with van der Waals surface area (Å²) in [7, 11) is 0. The fourth-order valence-corrected chi connectivity index (χ4v) is 3.86. The van der Waals surface area contributed by atoms with Gasteiger partial charge in [-0.3, -0.25) is 0 Å². The molecule has 1 saturated carbocycles. The van der Waals surface area contributed by atoms with E-state index in [0.29, 0.717) is 31.1 Å². The van der Waals surface area contributed by atoms with Crippen molar-refractivity contribution in [3.63, 3.8) is 0 Å². The summed E-state index contributed by atoms with van der Waals surface area (Å²) in [5, 5.41) is 3.33. The highest BCUT2D eigenvalue weighted by molar-refractivity contribution is 5.78. The van der Waals surface area contributed by atoms with E-state index >= 15 is 0 Å². The summed E-state index contributed by atoms with van der Waals surface area (Å²) in [6, 6.07) is 12.1. The first kappa shape index (κ1) is 18.6. The molecule has 1 aliphatic heterocycles. The Morgan fingerprint density at radius 1 is 1.18 bits per heavy atom. The second-order valence-corrected chi connectivity index (χ2v) is 7.45. The molecule has 0 saturated heterocycles. The lowest BCUT2D eigenvalue weighted by Gasteiger charge is -2.26. The monoisotopic (exact) mass is 380 g/mol. The van der Waals surface area contributed by atoms with Crippen molar-refractivity contribution >= 4 is 5.96 Å². The van der Waals surface area contributed by atoms with Gasteiger partial charge in [-0.1, -0.05) is 24.6 Å². The van der Waals surface area contributed by atoms with Crippen LogP contribution in [0.3, 0.4) is 0 Å². The molecule has 0 radical (unpaired) electrons. The number of aliphatic imine (C=N–C) groups is 1. The lowest BCUT2D eigenvalue weighted by Crippen LogP contribution is -2.37. The number of ether oxygens (including phenoxy) is 2. The summed E-state index contributed by atoms with van der Waals surface area (Å²) >= 11 is 0. The maximum Gasteiger partial charge on any atom is 0.213 e. The van der Waals surface area contributed by atoms with Crippen LogP contribution in [0, 0.1) is 0 Å². The molecule has 148 valence electrons. The van der Waals surface area contributed by atoms with E-state index in [2.05, 4.69) is 21.4 Å². The van der Waals surface area contributed by atoms with Crippen LogP contribution < -0.4 is 20.5 Å². The Bertz CT molecular complexity index is 818.